The molecular weight excluding hydrogens is 392 g/mol. The summed E-state index contributed by atoms with van der Waals surface area (Å²) in [4.78, 5) is 39.3. The van der Waals surface area contributed by atoms with Gasteiger partial charge >= 0.3 is 18.2 Å². The van der Waals surface area contributed by atoms with Crippen LogP contribution in [0.15, 0.2) is 35.3 Å². The molecule has 10 heteroatoms. The molecule has 0 radical (unpaired) electrons. The number of rotatable bonds is 7. The third kappa shape index (κ3) is 6.94. The Morgan fingerprint density at radius 2 is 1.90 bits per heavy atom. The van der Waals surface area contributed by atoms with E-state index in [2.05, 4.69) is 15.6 Å². The Hall–Kier alpha value is -3.30. The number of nitrogens with two attached hydrogens (primary N) is 1. The number of nitrogens with one attached hydrogen (secondary N) is 2. The lowest BCUT2D eigenvalue weighted by Gasteiger charge is -2.22. The van der Waals surface area contributed by atoms with Crippen LogP contribution in [0.3, 0.4) is 0 Å². The van der Waals surface area contributed by atoms with Gasteiger partial charge in [0.25, 0.3) is 0 Å². The maximum absolute atomic E-state index is 11.9. The van der Waals surface area contributed by atoms with Gasteiger partial charge in [0, 0.05) is 6.54 Å². The molecule has 0 unspecified atom stereocenters. The van der Waals surface area contributed by atoms with Crippen LogP contribution in [0, 0.1) is 5.92 Å². The Labute approximate surface area is 174 Å². The van der Waals surface area contributed by atoms with E-state index in [0.717, 1.165) is 5.56 Å². The highest BCUT2D eigenvalue weighted by Crippen LogP contribution is 2.46. The summed E-state index contributed by atoms with van der Waals surface area (Å²) < 4.78 is 10.2. The molecule has 5 N–H and O–H groups in total. The van der Waals surface area contributed by atoms with Crippen LogP contribution in [0.2, 0.25) is 0 Å². The van der Waals surface area contributed by atoms with E-state index >= 15 is 0 Å². The molecule has 30 heavy (non-hydrogen) atoms. The molecule has 1 aliphatic carbocycles. The molecule has 1 aliphatic rings. The van der Waals surface area contributed by atoms with Gasteiger partial charge in [0.15, 0.2) is 5.96 Å². The third-order valence-corrected chi connectivity index (χ3v) is 4.41. The molecule has 0 heterocycles. The van der Waals surface area contributed by atoms with E-state index in [1.165, 1.54) is 0 Å². The zero-order chi connectivity index (χ0) is 22.4. The zero-order valence-corrected chi connectivity index (χ0v) is 17.3. The van der Waals surface area contributed by atoms with E-state index in [-0.39, 0.29) is 31.4 Å². The van der Waals surface area contributed by atoms with E-state index in [9.17, 15) is 19.5 Å². The molecule has 0 spiro atoms. The van der Waals surface area contributed by atoms with Crippen LogP contribution in [0.25, 0.3) is 0 Å². The molecule has 2 amide bonds. The minimum Gasteiger partial charge on any atom is -0.479 e. The van der Waals surface area contributed by atoms with Gasteiger partial charge in [-0.2, -0.15) is 0 Å². The monoisotopic (exact) mass is 420 g/mol. The molecular formula is C20H28N4O6. The van der Waals surface area contributed by atoms with Crippen LogP contribution in [-0.4, -0.2) is 46.9 Å². The number of ether oxygens (including phenoxy) is 2. The predicted octanol–water partition coefficient (Wildman–Crippen LogP) is 1.99. The first-order valence-electron chi connectivity index (χ1n) is 9.54. The van der Waals surface area contributed by atoms with Gasteiger partial charge in [-0.25, -0.2) is 14.4 Å². The van der Waals surface area contributed by atoms with E-state index in [1.54, 1.807) is 20.8 Å². The second kappa shape index (κ2) is 9.47. The maximum atomic E-state index is 11.9. The molecule has 0 aliphatic heterocycles. The van der Waals surface area contributed by atoms with Crippen molar-refractivity contribution >= 4 is 24.1 Å². The summed E-state index contributed by atoms with van der Waals surface area (Å²) >= 11 is 0. The molecule has 0 bridgehead atoms. The highest BCUT2D eigenvalue weighted by atomic mass is 16.6. The summed E-state index contributed by atoms with van der Waals surface area (Å²) in [7, 11) is 0. The second-order valence-corrected chi connectivity index (χ2v) is 8.05. The van der Waals surface area contributed by atoms with Gasteiger partial charge in [-0.3, -0.25) is 10.3 Å². The number of carbonyl (C=O) groups is 3. The number of carboxylic acids is 1. The van der Waals surface area contributed by atoms with Crippen molar-refractivity contribution in [1.82, 2.24) is 10.6 Å². The van der Waals surface area contributed by atoms with Crippen LogP contribution in [-0.2, 0) is 20.9 Å². The van der Waals surface area contributed by atoms with Gasteiger partial charge in [-0.1, -0.05) is 30.3 Å². The van der Waals surface area contributed by atoms with Gasteiger partial charge < -0.3 is 25.6 Å². The van der Waals surface area contributed by atoms with Gasteiger partial charge in [0.05, 0.1) is 0 Å². The second-order valence-electron chi connectivity index (χ2n) is 8.05. The van der Waals surface area contributed by atoms with Gasteiger partial charge in [0.2, 0.25) is 0 Å². The normalized spacial score (nSPS) is 20.8. The molecule has 1 fully saturated rings. The smallest absolute Gasteiger partial charge is 0.414 e. The fourth-order valence-electron chi connectivity index (χ4n) is 2.88. The first-order valence-corrected chi connectivity index (χ1v) is 9.54. The van der Waals surface area contributed by atoms with Crippen molar-refractivity contribution in [3.05, 3.63) is 35.9 Å². The van der Waals surface area contributed by atoms with Crippen LogP contribution in [0.5, 0.6) is 0 Å². The van der Waals surface area contributed by atoms with Gasteiger partial charge in [-0.15, -0.1) is 0 Å². The molecule has 1 aromatic rings. The van der Waals surface area contributed by atoms with Crippen molar-refractivity contribution in [2.45, 2.75) is 51.4 Å². The average Bonchev–Trinajstić information content (AvgIpc) is 3.33. The number of nitrogens with zero attached hydrogens (tertiary/aromatic N) is 1. The third-order valence-electron chi connectivity index (χ3n) is 4.41. The first kappa shape index (κ1) is 23.0. The number of aliphatic carboxylic acids is 1. The molecule has 10 nitrogen and oxygen atoms in total. The lowest BCUT2D eigenvalue weighted by Crippen LogP contribution is -2.47. The molecule has 1 saturated carbocycles. The predicted molar refractivity (Wildman–Crippen MR) is 109 cm³/mol. The number of alkyl carbamates (subject to hydrolysis) is 2. The van der Waals surface area contributed by atoms with Crippen LogP contribution >= 0.6 is 0 Å². The van der Waals surface area contributed by atoms with Crippen molar-refractivity contribution in [3.63, 3.8) is 0 Å². The number of carbonyl (C=O) groups excluding carboxylic acids is 2. The van der Waals surface area contributed by atoms with E-state index in [0.29, 0.717) is 6.42 Å². The van der Waals surface area contributed by atoms with Crippen molar-refractivity contribution in [1.29, 1.82) is 0 Å². The number of amides is 2. The SMILES string of the molecule is CC(C)(C)OC(=O)N[C@]1(C(=O)O)C[C@H]1CCN=C(N)NC(=O)OCc1ccccc1. The fraction of sp³-hybridized carbons (Fsp3) is 0.500. The Balaban J connectivity index is 1.76. The van der Waals surface area contributed by atoms with E-state index in [4.69, 9.17) is 15.2 Å². The largest absolute Gasteiger partial charge is 0.479 e. The number of hydrogen-bond donors (Lipinski definition) is 4. The van der Waals surface area contributed by atoms with Crippen LogP contribution in [0.4, 0.5) is 9.59 Å². The molecule has 0 saturated heterocycles. The Morgan fingerprint density at radius 1 is 1.23 bits per heavy atom. The van der Waals surface area contributed by atoms with Crippen molar-refractivity contribution in [2.75, 3.05) is 6.54 Å². The van der Waals surface area contributed by atoms with E-state index in [1.807, 2.05) is 30.3 Å². The molecule has 2 atom stereocenters. The zero-order valence-electron chi connectivity index (χ0n) is 17.3. The number of carboxylic acid groups (broad SMARTS) is 1. The molecule has 1 aromatic carbocycles. The number of hydrogen-bond acceptors (Lipinski definition) is 6. The Morgan fingerprint density at radius 3 is 2.50 bits per heavy atom. The van der Waals surface area contributed by atoms with E-state index < -0.39 is 29.3 Å². The standard InChI is InChI=1S/C20H28N4O6/c1-19(2,3)30-18(28)24-20(15(25)26)11-14(20)9-10-22-16(21)23-17(27)29-12-13-7-5-4-6-8-13/h4-8,14H,9-12H2,1-3H3,(H,24,28)(H,25,26)(H3,21,22,23,27)/t14-,20-/m1/s1. The van der Waals surface area contributed by atoms with Gasteiger partial charge in [-0.05, 0) is 45.1 Å². The summed E-state index contributed by atoms with van der Waals surface area (Å²) in [6.07, 6.45) is -0.885. The first-order chi connectivity index (χ1) is 14.0. The highest BCUT2D eigenvalue weighted by Gasteiger charge is 2.61. The number of aliphatic imine (C=N–C) groups is 1. The minimum absolute atomic E-state index is 0.0967. The Bertz CT molecular complexity index is 805. The fourth-order valence-corrected chi connectivity index (χ4v) is 2.88. The summed E-state index contributed by atoms with van der Waals surface area (Å²) in [5.74, 6) is -1.57. The summed E-state index contributed by atoms with van der Waals surface area (Å²) in [5.41, 5.74) is 4.40. The Kier molecular flexibility index (Phi) is 7.25. The molecule has 2 rings (SSSR count). The minimum atomic E-state index is -1.37. The van der Waals surface area contributed by atoms with Gasteiger partial charge in [0.1, 0.15) is 17.7 Å². The number of guanidine groups is 1. The lowest BCUT2D eigenvalue weighted by molar-refractivity contribution is -0.141. The van der Waals surface area contributed by atoms with Crippen LogP contribution in [0.1, 0.15) is 39.2 Å². The summed E-state index contributed by atoms with van der Waals surface area (Å²) in [5, 5.41) is 14.2. The topological polar surface area (TPSA) is 152 Å². The lowest BCUT2D eigenvalue weighted by atomic mass is 10.1. The molecule has 0 aromatic heterocycles. The quantitative estimate of drug-likeness (QED) is 0.389. The maximum Gasteiger partial charge on any atom is 0.414 e. The average molecular weight is 420 g/mol. The highest BCUT2D eigenvalue weighted by molar-refractivity contribution is 5.92. The summed E-state index contributed by atoms with van der Waals surface area (Å²) in [6.45, 7) is 5.36. The summed E-state index contributed by atoms with van der Waals surface area (Å²) in [6, 6.07) is 9.16. The van der Waals surface area contributed by atoms with Crippen molar-refractivity contribution in [2.24, 2.45) is 16.6 Å². The van der Waals surface area contributed by atoms with Crippen molar-refractivity contribution < 1.29 is 29.0 Å². The van der Waals surface area contributed by atoms with Crippen molar-refractivity contribution in [3.8, 4) is 0 Å². The number of benzene rings is 1. The molecule has 164 valence electrons. The van der Waals surface area contributed by atoms with Crippen LogP contribution < -0.4 is 16.4 Å².